The van der Waals surface area contributed by atoms with E-state index in [1.807, 2.05) is 6.07 Å². The molecule has 0 N–H and O–H groups in total. The second kappa shape index (κ2) is 4.06. The Bertz CT molecular complexity index is 366. The maximum atomic E-state index is 11.0. The molecule has 0 spiro atoms. The largest absolute Gasteiger partial charge is 0.276 e. The minimum Gasteiger partial charge on any atom is -0.276 e. The van der Waals surface area contributed by atoms with Crippen LogP contribution in [0.5, 0.6) is 0 Å². The Kier molecular flexibility index (Phi) is 3.04. The van der Waals surface area contributed by atoms with E-state index in [4.69, 9.17) is 11.6 Å². The third-order valence-electron chi connectivity index (χ3n) is 1.78. The molecule has 0 aliphatic carbocycles. The third kappa shape index (κ3) is 1.87. The predicted octanol–water partition coefficient (Wildman–Crippen LogP) is 3.35. The highest BCUT2D eigenvalue weighted by molar-refractivity contribution is 6.68. The fraction of sp³-hybridized carbons (Fsp3) is 0. The van der Waals surface area contributed by atoms with E-state index >= 15 is 0 Å². The zero-order valence-corrected chi connectivity index (χ0v) is 7.84. The summed E-state index contributed by atoms with van der Waals surface area (Å²) in [7, 11) is 0. The summed E-state index contributed by atoms with van der Waals surface area (Å²) in [6, 6.07) is 5.28. The van der Waals surface area contributed by atoms with Crippen molar-refractivity contribution in [2.45, 2.75) is 0 Å². The average Bonchev–Trinajstić information content (AvgIpc) is 2.16. The van der Waals surface area contributed by atoms with Crippen molar-refractivity contribution in [3.05, 3.63) is 48.0 Å². The van der Waals surface area contributed by atoms with Gasteiger partial charge in [-0.15, -0.1) is 0 Å². The minimum atomic E-state index is -0.474. The summed E-state index contributed by atoms with van der Waals surface area (Å²) < 4.78 is 0. The van der Waals surface area contributed by atoms with Gasteiger partial charge >= 0.3 is 0 Å². The van der Waals surface area contributed by atoms with Crippen LogP contribution in [-0.4, -0.2) is 5.24 Å². The van der Waals surface area contributed by atoms with Crippen molar-refractivity contribution in [3.8, 4) is 0 Å². The van der Waals surface area contributed by atoms with Gasteiger partial charge in [-0.3, -0.25) is 4.79 Å². The second-order valence-corrected chi connectivity index (χ2v) is 2.83. The Hall–Kier alpha value is -1.34. The topological polar surface area (TPSA) is 17.1 Å². The molecule has 0 saturated heterocycles. The number of halogens is 1. The van der Waals surface area contributed by atoms with Gasteiger partial charge in [-0.25, -0.2) is 0 Å². The lowest BCUT2D eigenvalue weighted by Crippen LogP contribution is -1.94. The smallest absolute Gasteiger partial charge is 0.253 e. The number of carbonyl (C=O) groups is 1. The lowest BCUT2D eigenvalue weighted by atomic mass is 10.0. The highest BCUT2D eigenvalue weighted by Gasteiger charge is 2.08. The summed E-state index contributed by atoms with van der Waals surface area (Å²) >= 11 is 5.40. The second-order valence-electron chi connectivity index (χ2n) is 2.49. The molecule has 2 heteroatoms. The summed E-state index contributed by atoms with van der Waals surface area (Å²) in [4.78, 5) is 11.0. The van der Waals surface area contributed by atoms with Crippen molar-refractivity contribution in [1.29, 1.82) is 0 Å². The molecule has 0 radical (unpaired) electrons. The van der Waals surface area contributed by atoms with Crippen LogP contribution in [0.4, 0.5) is 0 Å². The van der Waals surface area contributed by atoms with Gasteiger partial charge < -0.3 is 0 Å². The maximum Gasteiger partial charge on any atom is 0.253 e. The van der Waals surface area contributed by atoms with Gasteiger partial charge in [-0.1, -0.05) is 37.4 Å². The van der Waals surface area contributed by atoms with Gasteiger partial charge in [0, 0.05) is 5.56 Å². The average molecular weight is 193 g/mol. The first kappa shape index (κ1) is 9.75. The van der Waals surface area contributed by atoms with Crippen molar-refractivity contribution in [2.24, 2.45) is 0 Å². The molecular weight excluding hydrogens is 184 g/mol. The first-order chi connectivity index (χ1) is 6.20. The van der Waals surface area contributed by atoms with Crippen LogP contribution in [-0.2, 0) is 0 Å². The molecule has 0 amide bonds. The first-order valence-electron chi connectivity index (χ1n) is 3.78. The maximum absolute atomic E-state index is 11.0. The van der Waals surface area contributed by atoms with Crippen LogP contribution in [0.2, 0.25) is 0 Å². The van der Waals surface area contributed by atoms with Crippen LogP contribution in [0.1, 0.15) is 21.5 Å². The zero-order valence-electron chi connectivity index (χ0n) is 7.09. The highest BCUT2D eigenvalue weighted by atomic mass is 35.5. The fourth-order valence-electron chi connectivity index (χ4n) is 1.16. The lowest BCUT2D eigenvalue weighted by Gasteiger charge is -2.04. The van der Waals surface area contributed by atoms with Crippen molar-refractivity contribution in [2.75, 3.05) is 0 Å². The van der Waals surface area contributed by atoms with E-state index in [-0.39, 0.29) is 0 Å². The molecule has 66 valence electrons. The van der Waals surface area contributed by atoms with Gasteiger partial charge in [0.15, 0.2) is 0 Å². The van der Waals surface area contributed by atoms with Crippen LogP contribution < -0.4 is 0 Å². The number of hydrogen-bond donors (Lipinski definition) is 0. The van der Waals surface area contributed by atoms with Gasteiger partial charge in [-0.2, -0.15) is 0 Å². The van der Waals surface area contributed by atoms with Crippen LogP contribution in [0, 0.1) is 0 Å². The molecule has 0 saturated carbocycles. The molecule has 1 rings (SSSR count). The Balaban J connectivity index is 3.43. The van der Waals surface area contributed by atoms with Crippen molar-refractivity contribution in [1.82, 2.24) is 0 Å². The molecule has 0 aromatic heterocycles. The van der Waals surface area contributed by atoms with Crippen LogP contribution in [0.25, 0.3) is 12.2 Å². The van der Waals surface area contributed by atoms with E-state index in [2.05, 4.69) is 13.2 Å². The monoisotopic (exact) mass is 192 g/mol. The van der Waals surface area contributed by atoms with Gasteiger partial charge in [0.05, 0.1) is 0 Å². The molecule has 0 fully saturated rings. The minimum absolute atomic E-state index is 0.467. The molecule has 0 unspecified atom stereocenters. The van der Waals surface area contributed by atoms with Crippen molar-refractivity contribution < 1.29 is 4.79 Å². The number of hydrogen-bond acceptors (Lipinski definition) is 1. The lowest BCUT2D eigenvalue weighted by molar-refractivity contribution is 0.108. The number of carbonyl (C=O) groups excluding carboxylic acids is 1. The Morgan fingerprint density at radius 2 is 2.00 bits per heavy atom. The van der Waals surface area contributed by atoms with E-state index in [0.717, 1.165) is 11.1 Å². The molecule has 0 aliphatic heterocycles. The highest BCUT2D eigenvalue weighted by Crippen LogP contribution is 2.18. The van der Waals surface area contributed by atoms with Crippen LogP contribution in [0.3, 0.4) is 0 Å². The SMILES string of the molecule is C=Cc1cccc(C(=O)Cl)c1C=C. The molecule has 1 aromatic rings. The summed E-state index contributed by atoms with van der Waals surface area (Å²) in [5.74, 6) is 0. The third-order valence-corrected chi connectivity index (χ3v) is 1.98. The summed E-state index contributed by atoms with van der Waals surface area (Å²) in [5, 5.41) is -0.474. The van der Waals surface area contributed by atoms with Gasteiger partial charge in [0.25, 0.3) is 5.24 Å². The summed E-state index contributed by atoms with van der Waals surface area (Å²) in [6.07, 6.45) is 3.27. The van der Waals surface area contributed by atoms with Crippen molar-refractivity contribution in [3.63, 3.8) is 0 Å². The molecule has 0 aliphatic rings. The Labute approximate surface area is 82.3 Å². The summed E-state index contributed by atoms with van der Waals surface area (Å²) in [6.45, 7) is 7.26. The Morgan fingerprint density at radius 1 is 1.31 bits per heavy atom. The first-order valence-corrected chi connectivity index (χ1v) is 4.16. The van der Waals surface area contributed by atoms with E-state index in [1.165, 1.54) is 0 Å². The number of rotatable bonds is 3. The van der Waals surface area contributed by atoms with E-state index < -0.39 is 5.24 Å². The molecular formula is C11H9ClO. The van der Waals surface area contributed by atoms with E-state index in [0.29, 0.717) is 5.56 Å². The molecule has 13 heavy (non-hydrogen) atoms. The number of benzene rings is 1. The quantitative estimate of drug-likeness (QED) is 0.672. The molecule has 0 atom stereocenters. The Morgan fingerprint density at radius 3 is 2.46 bits per heavy atom. The zero-order chi connectivity index (χ0) is 9.84. The van der Waals surface area contributed by atoms with Gasteiger partial charge in [0.2, 0.25) is 0 Å². The summed E-state index contributed by atoms with van der Waals surface area (Å²) in [5.41, 5.74) is 2.06. The van der Waals surface area contributed by atoms with Gasteiger partial charge in [-0.05, 0) is 28.8 Å². The predicted molar refractivity (Wildman–Crippen MR) is 56.8 cm³/mol. The van der Waals surface area contributed by atoms with E-state index in [9.17, 15) is 4.79 Å². The standard InChI is InChI=1S/C11H9ClO/c1-3-8-6-5-7-10(11(12)13)9(8)4-2/h3-7H,1-2H2. The van der Waals surface area contributed by atoms with Crippen LogP contribution >= 0.6 is 11.6 Å². The fourth-order valence-corrected chi connectivity index (χ4v) is 1.33. The van der Waals surface area contributed by atoms with E-state index in [1.54, 1.807) is 24.3 Å². The normalized spacial score (nSPS) is 9.31. The molecule has 0 bridgehead atoms. The molecule has 1 nitrogen and oxygen atoms in total. The molecule has 0 heterocycles. The van der Waals surface area contributed by atoms with Gasteiger partial charge in [0.1, 0.15) is 0 Å². The van der Waals surface area contributed by atoms with Crippen LogP contribution in [0.15, 0.2) is 31.4 Å². The molecule has 1 aromatic carbocycles. The van der Waals surface area contributed by atoms with Crippen molar-refractivity contribution >= 4 is 29.0 Å².